The molecule has 0 aliphatic heterocycles. The predicted molar refractivity (Wildman–Crippen MR) is 62.0 cm³/mol. The molecule has 1 heterocycles. The second-order valence-corrected chi connectivity index (χ2v) is 4.57. The number of hydrogen-bond acceptors (Lipinski definition) is 4. The maximum atomic E-state index is 5.20. The van der Waals surface area contributed by atoms with Crippen LogP contribution in [0.1, 0.15) is 57.2 Å². The van der Waals surface area contributed by atoms with Gasteiger partial charge in [-0.15, -0.1) is 0 Å². The van der Waals surface area contributed by atoms with Gasteiger partial charge in [0.1, 0.15) is 0 Å². The molecular formula is C12H21N3O. The van der Waals surface area contributed by atoms with E-state index >= 15 is 0 Å². The van der Waals surface area contributed by atoms with Gasteiger partial charge in [0.15, 0.2) is 5.82 Å². The minimum absolute atomic E-state index is 0.700. The van der Waals surface area contributed by atoms with E-state index in [9.17, 15) is 0 Å². The topological polar surface area (TPSA) is 51.0 Å². The Balaban J connectivity index is 1.64. The summed E-state index contributed by atoms with van der Waals surface area (Å²) in [6, 6.07) is 0.700. The lowest BCUT2D eigenvalue weighted by Gasteiger charge is -1.95. The van der Waals surface area contributed by atoms with Crippen molar-refractivity contribution in [3.05, 3.63) is 11.7 Å². The van der Waals surface area contributed by atoms with E-state index in [1.165, 1.54) is 32.1 Å². The lowest BCUT2D eigenvalue weighted by molar-refractivity contribution is 0.367. The molecule has 0 aromatic carbocycles. The summed E-state index contributed by atoms with van der Waals surface area (Å²) in [6.45, 7) is 2.97. The summed E-state index contributed by atoms with van der Waals surface area (Å²) in [5.41, 5.74) is 0. The minimum Gasteiger partial charge on any atom is -0.339 e. The summed E-state index contributed by atoms with van der Waals surface area (Å²) in [5, 5.41) is 7.34. The summed E-state index contributed by atoms with van der Waals surface area (Å²) in [7, 11) is 0. The van der Waals surface area contributed by atoms with Gasteiger partial charge >= 0.3 is 0 Å². The predicted octanol–water partition coefficient (Wildman–Crippen LogP) is 2.44. The average Bonchev–Trinajstić information content (AvgIpc) is 3.02. The van der Waals surface area contributed by atoms with Gasteiger partial charge in [-0.2, -0.15) is 4.98 Å². The van der Waals surface area contributed by atoms with Crippen LogP contribution in [0, 0.1) is 0 Å². The first kappa shape index (κ1) is 11.6. The molecule has 2 rings (SSSR count). The molecule has 1 aromatic rings. The lowest BCUT2D eigenvalue weighted by atomic mass is 10.1. The van der Waals surface area contributed by atoms with Crippen molar-refractivity contribution in [3.8, 4) is 0 Å². The Kier molecular flexibility index (Phi) is 4.34. The highest BCUT2D eigenvalue weighted by Crippen LogP contribution is 2.18. The van der Waals surface area contributed by atoms with Crippen LogP contribution in [0.15, 0.2) is 4.52 Å². The fraction of sp³-hybridized carbons (Fsp3) is 0.833. The Morgan fingerprint density at radius 3 is 2.94 bits per heavy atom. The van der Waals surface area contributed by atoms with Gasteiger partial charge in [0.2, 0.25) is 5.89 Å². The third kappa shape index (κ3) is 3.93. The number of unbranched alkanes of at least 4 members (excludes halogenated alkanes) is 3. The molecule has 1 N–H and O–H groups in total. The zero-order chi connectivity index (χ0) is 11.2. The van der Waals surface area contributed by atoms with Gasteiger partial charge in [-0.25, -0.2) is 0 Å². The third-order valence-corrected chi connectivity index (χ3v) is 2.88. The van der Waals surface area contributed by atoms with Crippen molar-refractivity contribution in [2.45, 2.75) is 64.5 Å². The van der Waals surface area contributed by atoms with Gasteiger partial charge in [-0.1, -0.05) is 31.3 Å². The van der Waals surface area contributed by atoms with Crippen LogP contribution in [0.25, 0.3) is 0 Å². The molecule has 0 saturated heterocycles. The zero-order valence-electron chi connectivity index (χ0n) is 10.0. The largest absolute Gasteiger partial charge is 0.339 e. The van der Waals surface area contributed by atoms with E-state index in [-0.39, 0.29) is 0 Å². The molecule has 0 spiro atoms. The van der Waals surface area contributed by atoms with Gasteiger partial charge < -0.3 is 9.84 Å². The van der Waals surface area contributed by atoms with Gasteiger partial charge in [0, 0.05) is 12.5 Å². The smallest absolute Gasteiger partial charge is 0.226 e. The van der Waals surface area contributed by atoms with Crippen molar-refractivity contribution < 1.29 is 4.52 Å². The molecule has 0 bridgehead atoms. The Bertz CT molecular complexity index is 307. The molecule has 0 unspecified atom stereocenters. The molecule has 0 radical (unpaired) electrons. The molecule has 0 amide bonds. The van der Waals surface area contributed by atoms with Gasteiger partial charge in [0.05, 0.1) is 6.54 Å². The SMILES string of the molecule is CCCCCCc1nc(CNC2CC2)no1. The summed E-state index contributed by atoms with van der Waals surface area (Å²) < 4.78 is 5.20. The number of aryl methyl sites for hydroxylation is 1. The van der Waals surface area contributed by atoms with Crippen LogP contribution in [0.5, 0.6) is 0 Å². The molecular weight excluding hydrogens is 202 g/mol. The van der Waals surface area contributed by atoms with E-state index in [4.69, 9.17) is 4.52 Å². The standard InChI is InChI=1S/C12H21N3O/c1-2-3-4-5-6-12-14-11(15-16-12)9-13-10-7-8-10/h10,13H,2-9H2,1H3. The summed E-state index contributed by atoms with van der Waals surface area (Å²) in [6.07, 6.45) is 8.49. The van der Waals surface area contributed by atoms with Gasteiger partial charge in [-0.3, -0.25) is 0 Å². The highest BCUT2D eigenvalue weighted by Gasteiger charge is 2.20. The number of aromatic nitrogens is 2. The average molecular weight is 223 g/mol. The second-order valence-electron chi connectivity index (χ2n) is 4.57. The summed E-state index contributed by atoms with van der Waals surface area (Å²) in [4.78, 5) is 4.37. The monoisotopic (exact) mass is 223 g/mol. The Morgan fingerprint density at radius 2 is 2.19 bits per heavy atom. The van der Waals surface area contributed by atoms with Crippen LogP contribution < -0.4 is 5.32 Å². The van der Waals surface area contributed by atoms with E-state index in [0.29, 0.717) is 6.04 Å². The highest BCUT2D eigenvalue weighted by molar-refractivity contribution is 4.89. The quantitative estimate of drug-likeness (QED) is 0.688. The molecule has 4 heteroatoms. The molecule has 16 heavy (non-hydrogen) atoms. The molecule has 1 aromatic heterocycles. The van der Waals surface area contributed by atoms with Gasteiger partial charge in [-0.05, 0) is 19.3 Å². The van der Waals surface area contributed by atoms with Crippen molar-refractivity contribution in [1.82, 2.24) is 15.5 Å². The molecule has 1 aliphatic rings. The van der Waals surface area contributed by atoms with Crippen molar-refractivity contribution >= 4 is 0 Å². The van der Waals surface area contributed by atoms with Crippen LogP contribution in [-0.4, -0.2) is 16.2 Å². The van der Waals surface area contributed by atoms with Crippen molar-refractivity contribution in [2.75, 3.05) is 0 Å². The lowest BCUT2D eigenvalue weighted by Crippen LogP contribution is -2.16. The number of hydrogen-bond donors (Lipinski definition) is 1. The second kappa shape index (κ2) is 5.99. The maximum Gasteiger partial charge on any atom is 0.226 e. The third-order valence-electron chi connectivity index (χ3n) is 2.88. The van der Waals surface area contributed by atoms with Crippen LogP contribution in [0.2, 0.25) is 0 Å². The number of rotatable bonds is 8. The Morgan fingerprint density at radius 1 is 1.31 bits per heavy atom. The number of nitrogens with one attached hydrogen (secondary N) is 1. The van der Waals surface area contributed by atoms with Crippen LogP contribution in [0.3, 0.4) is 0 Å². The van der Waals surface area contributed by atoms with Gasteiger partial charge in [0.25, 0.3) is 0 Å². The van der Waals surface area contributed by atoms with Crippen molar-refractivity contribution in [1.29, 1.82) is 0 Å². The summed E-state index contributed by atoms with van der Waals surface area (Å²) in [5.74, 6) is 1.60. The summed E-state index contributed by atoms with van der Waals surface area (Å²) >= 11 is 0. The maximum absolute atomic E-state index is 5.20. The van der Waals surface area contributed by atoms with Crippen molar-refractivity contribution in [2.24, 2.45) is 0 Å². The molecule has 1 saturated carbocycles. The normalized spacial score (nSPS) is 15.6. The van der Waals surface area contributed by atoms with Crippen LogP contribution >= 0.6 is 0 Å². The van der Waals surface area contributed by atoms with Crippen LogP contribution in [0.4, 0.5) is 0 Å². The molecule has 90 valence electrons. The Labute approximate surface area is 96.8 Å². The molecule has 1 fully saturated rings. The van der Waals surface area contributed by atoms with E-state index in [2.05, 4.69) is 22.4 Å². The fourth-order valence-corrected chi connectivity index (χ4v) is 1.69. The first-order chi connectivity index (χ1) is 7.88. The Hall–Kier alpha value is -0.900. The van der Waals surface area contributed by atoms with Crippen molar-refractivity contribution in [3.63, 3.8) is 0 Å². The van der Waals surface area contributed by atoms with E-state index in [1.54, 1.807) is 0 Å². The first-order valence-electron chi connectivity index (χ1n) is 6.43. The van der Waals surface area contributed by atoms with E-state index in [1.807, 2.05) is 0 Å². The number of nitrogens with zero attached hydrogens (tertiary/aromatic N) is 2. The minimum atomic E-state index is 0.700. The first-order valence-corrected chi connectivity index (χ1v) is 6.43. The fourth-order valence-electron chi connectivity index (χ4n) is 1.69. The zero-order valence-corrected chi connectivity index (χ0v) is 10.0. The molecule has 1 aliphatic carbocycles. The van der Waals surface area contributed by atoms with E-state index in [0.717, 1.165) is 31.1 Å². The highest BCUT2D eigenvalue weighted by atomic mass is 16.5. The molecule has 4 nitrogen and oxygen atoms in total. The molecule has 0 atom stereocenters. The van der Waals surface area contributed by atoms with Crippen LogP contribution in [-0.2, 0) is 13.0 Å². The van der Waals surface area contributed by atoms with E-state index < -0.39 is 0 Å².